The number of nitrogens with one attached hydrogen (secondary N) is 3. The van der Waals surface area contributed by atoms with E-state index >= 15 is 0 Å². The lowest BCUT2D eigenvalue weighted by atomic mass is 9.91. The minimum atomic E-state index is -1.12. The molecule has 28 heteroatoms. The van der Waals surface area contributed by atoms with Crippen molar-refractivity contribution in [3.05, 3.63) is 101 Å². The lowest BCUT2D eigenvalue weighted by Crippen LogP contribution is -2.54. The van der Waals surface area contributed by atoms with E-state index in [2.05, 4.69) is 16.0 Å². The quantitative estimate of drug-likeness (QED) is 0.0306. The van der Waals surface area contributed by atoms with Crippen LogP contribution in [-0.4, -0.2) is 230 Å². The van der Waals surface area contributed by atoms with Crippen molar-refractivity contribution in [2.45, 2.75) is 82.4 Å². The average Bonchev–Trinajstić information content (AvgIpc) is 1.62. The molecule has 2 fully saturated rings. The van der Waals surface area contributed by atoms with Crippen molar-refractivity contribution in [3.8, 4) is 40.2 Å². The fourth-order valence-corrected chi connectivity index (χ4v) is 11.1. The summed E-state index contributed by atoms with van der Waals surface area (Å²) >= 11 is 0. The zero-order valence-electron chi connectivity index (χ0n) is 56.1. The van der Waals surface area contributed by atoms with Gasteiger partial charge in [-0.25, -0.2) is 4.79 Å². The first-order valence-electron chi connectivity index (χ1n) is 32.5. The van der Waals surface area contributed by atoms with Crippen LogP contribution < -0.4 is 49.1 Å². The second-order valence-electron chi connectivity index (χ2n) is 22.4. The van der Waals surface area contributed by atoms with E-state index in [-0.39, 0.29) is 74.4 Å². The summed E-state index contributed by atoms with van der Waals surface area (Å²) in [7, 11) is 7.70. The maximum Gasteiger partial charge on any atom is 0.329 e. The Kier molecular flexibility index (Phi) is 31.9. The lowest BCUT2D eigenvalue weighted by molar-refractivity contribution is -0.162. The molecule has 3 heterocycles. The molecule has 1 unspecified atom stereocenters. The first-order valence-corrected chi connectivity index (χ1v) is 32.5. The number of carbonyl (C=O) groups is 8. The van der Waals surface area contributed by atoms with E-state index < -0.39 is 66.2 Å². The Hall–Kier alpha value is -8.64. The molecule has 4 aromatic rings. The van der Waals surface area contributed by atoms with E-state index in [0.717, 1.165) is 23.3 Å². The van der Waals surface area contributed by atoms with E-state index in [9.17, 15) is 38.4 Å². The Bertz CT molecular complexity index is 3210. The number of ether oxygens (including phenoxy) is 15. The van der Waals surface area contributed by atoms with Gasteiger partial charge in [-0.2, -0.15) is 0 Å². The normalized spacial score (nSPS) is 15.8. The molecule has 2 saturated heterocycles. The predicted molar refractivity (Wildman–Crippen MR) is 347 cm³/mol. The number of imide groups is 2. The summed E-state index contributed by atoms with van der Waals surface area (Å²) in [6.07, 6.45) is 2.49. The SMILES string of the molecule is CC[C@H](C(=O)N1CCCC[C@H]1C(=O)O[C@H](CCc1ccc(OC)c(OC)c1)c1cccc(OCC(=O)NCCOCCOCCOCCOCCOCCOCCOCCNC(=O)COc2cccc3c2C(=O)N(C2CCC(=O)NC2=O)C3=O)c1)c1cc(OC)c(OC)c(OC)c1. The first kappa shape index (κ1) is 75.7. The number of hydrogen-bond donors (Lipinski definition) is 3. The van der Waals surface area contributed by atoms with Crippen molar-refractivity contribution in [2.24, 2.45) is 0 Å². The van der Waals surface area contributed by atoms with Gasteiger partial charge in [0, 0.05) is 26.1 Å². The smallest absolute Gasteiger partial charge is 0.329 e. The number of piperidine rings is 2. The number of hydrogen-bond acceptors (Lipinski definition) is 23. The van der Waals surface area contributed by atoms with E-state index in [1.807, 2.05) is 31.2 Å². The molecule has 3 aliphatic rings. The Morgan fingerprint density at radius 1 is 0.567 bits per heavy atom. The van der Waals surface area contributed by atoms with Crippen molar-refractivity contribution < 1.29 is 109 Å². The number of carbonyl (C=O) groups excluding carboxylic acids is 8. The van der Waals surface area contributed by atoms with Crippen LogP contribution in [0.3, 0.4) is 0 Å². The third kappa shape index (κ3) is 22.7. The van der Waals surface area contributed by atoms with Gasteiger partial charge in [-0.05, 0) is 110 Å². The molecule has 7 rings (SSSR count). The van der Waals surface area contributed by atoms with Gasteiger partial charge in [0.25, 0.3) is 23.6 Å². The van der Waals surface area contributed by atoms with Crippen LogP contribution >= 0.6 is 0 Å². The van der Waals surface area contributed by atoms with Gasteiger partial charge in [0.2, 0.25) is 23.5 Å². The largest absolute Gasteiger partial charge is 0.493 e. The summed E-state index contributed by atoms with van der Waals surface area (Å²) in [5, 5.41) is 7.60. The zero-order valence-corrected chi connectivity index (χ0v) is 56.1. The Morgan fingerprint density at radius 3 is 1.69 bits per heavy atom. The number of rotatable bonds is 45. The molecular weight excluding hydrogens is 1270 g/mol. The number of aryl methyl sites for hydroxylation is 1. The van der Waals surface area contributed by atoms with Crippen LogP contribution in [0.25, 0.3) is 0 Å². The van der Waals surface area contributed by atoms with Crippen molar-refractivity contribution in [3.63, 3.8) is 0 Å². The van der Waals surface area contributed by atoms with Crippen LogP contribution in [0.5, 0.6) is 40.2 Å². The monoisotopic (exact) mass is 1360 g/mol. The summed E-state index contributed by atoms with van der Waals surface area (Å²) in [5.74, 6) is -1.91. The fourth-order valence-electron chi connectivity index (χ4n) is 11.1. The summed E-state index contributed by atoms with van der Waals surface area (Å²) in [6, 6.07) is 18.7. The fraction of sp³-hybridized carbons (Fsp3) is 0.536. The number of benzene rings is 4. The molecule has 7 amide bonds. The number of amides is 7. The molecule has 3 N–H and O–H groups in total. The highest BCUT2D eigenvalue weighted by Gasteiger charge is 2.46. The second-order valence-corrected chi connectivity index (χ2v) is 22.4. The average molecular weight is 1360 g/mol. The summed E-state index contributed by atoms with van der Waals surface area (Å²) < 4.78 is 84.5. The van der Waals surface area contributed by atoms with Crippen LogP contribution in [-0.2, 0) is 73.1 Å². The highest BCUT2D eigenvalue weighted by atomic mass is 16.6. The van der Waals surface area contributed by atoms with Gasteiger partial charge in [0.15, 0.2) is 36.2 Å². The van der Waals surface area contributed by atoms with E-state index in [4.69, 9.17) is 71.1 Å². The number of nitrogens with zero attached hydrogens (tertiary/aromatic N) is 2. The van der Waals surface area contributed by atoms with Crippen LogP contribution in [0.2, 0.25) is 0 Å². The standard InChI is InChI=1S/C69H91N5O23/c1-7-50(48-42-58(85-4)64(87-6)59(43-48)86-5)66(79)73-25-9-8-15-53(73)69(82)97-54(20-17-46-18-21-55(83-2)57(40-46)84-3)47-12-10-13-49(41-47)95-44-61(76)70-23-26-88-28-30-90-32-34-92-36-38-94-39-37-93-35-33-91-31-29-89-27-24-71-62(77)45-96-56-16-11-14-51-63(56)68(81)74(67(51)80)52-19-22-60(75)72-65(52)78/h10-14,16,18,21,40-43,50,52-54H,7-9,15,17,19-20,22-39,44-45H2,1-6H3,(H,70,76)(H,71,77)(H,72,75,78)/t50-,52?,53-,54+/m0/s1. The number of fused-ring (bicyclic) bond motifs is 1. The van der Waals surface area contributed by atoms with Gasteiger partial charge in [-0.1, -0.05) is 31.2 Å². The molecule has 0 spiro atoms. The topological polar surface area (TPSA) is 318 Å². The van der Waals surface area contributed by atoms with Gasteiger partial charge >= 0.3 is 5.97 Å². The van der Waals surface area contributed by atoms with Crippen LogP contribution in [0.15, 0.2) is 72.8 Å². The van der Waals surface area contributed by atoms with Gasteiger partial charge in [-0.15, -0.1) is 0 Å². The molecule has 0 aliphatic carbocycles. The van der Waals surface area contributed by atoms with Crippen LogP contribution in [0.1, 0.15) is 101 Å². The highest BCUT2D eigenvalue weighted by Crippen LogP contribution is 2.42. The van der Waals surface area contributed by atoms with Crippen molar-refractivity contribution in [1.29, 1.82) is 0 Å². The number of likely N-dealkylation sites (tertiary alicyclic amines) is 1. The molecule has 0 bridgehead atoms. The molecule has 4 aromatic carbocycles. The second kappa shape index (κ2) is 40.8. The minimum absolute atomic E-state index is 0.00496. The third-order valence-electron chi connectivity index (χ3n) is 16.0. The van der Waals surface area contributed by atoms with E-state index in [1.165, 1.54) is 39.5 Å². The molecule has 4 atom stereocenters. The maximum absolute atomic E-state index is 14.5. The predicted octanol–water partition coefficient (Wildman–Crippen LogP) is 4.73. The number of methoxy groups -OCH3 is 5. The van der Waals surface area contributed by atoms with Gasteiger partial charge in [0.1, 0.15) is 29.7 Å². The van der Waals surface area contributed by atoms with E-state index in [1.54, 1.807) is 49.5 Å². The van der Waals surface area contributed by atoms with Gasteiger partial charge < -0.3 is 86.6 Å². The summed E-state index contributed by atoms with van der Waals surface area (Å²) in [6.45, 7) is 6.77. The molecular formula is C69H91N5O23. The molecule has 28 nitrogen and oxygen atoms in total. The van der Waals surface area contributed by atoms with Crippen molar-refractivity contribution in [2.75, 3.05) is 161 Å². The van der Waals surface area contributed by atoms with Gasteiger partial charge in [-0.3, -0.25) is 43.8 Å². The molecule has 530 valence electrons. The zero-order chi connectivity index (χ0) is 69.3. The van der Waals surface area contributed by atoms with Gasteiger partial charge in [0.05, 0.1) is 145 Å². The molecule has 3 aliphatic heterocycles. The minimum Gasteiger partial charge on any atom is -0.493 e. The Balaban J connectivity index is 0.694. The highest BCUT2D eigenvalue weighted by molar-refractivity contribution is 6.24. The third-order valence-corrected chi connectivity index (χ3v) is 16.0. The molecule has 97 heavy (non-hydrogen) atoms. The lowest BCUT2D eigenvalue weighted by Gasteiger charge is -2.37. The summed E-state index contributed by atoms with van der Waals surface area (Å²) in [4.78, 5) is 107. The molecule has 0 saturated carbocycles. The van der Waals surface area contributed by atoms with Crippen LogP contribution in [0.4, 0.5) is 0 Å². The maximum atomic E-state index is 14.5. The molecule has 0 aromatic heterocycles. The van der Waals surface area contributed by atoms with Crippen molar-refractivity contribution in [1.82, 2.24) is 25.8 Å². The van der Waals surface area contributed by atoms with E-state index in [0.29, 0.717) is 157 Å². The first-order chi connectivity index (χ1) is 47.2. The van der Waals surface area contributed by atoms with Crippen molar-refractivity contribution >= 4 is 47.3 Å². The van der Waals surface area contributed by atoms with Crippen LogP contribution in [0, 0.1) is 0 Å². The number of esters is 1. The molecule has 0 radical (unpaired) electrons. The Morgan fingerprint density at radius 2 is 1.13 bits per heavy atom. The summed E-state index contributed by atoms with van der Waals surface area (Å²) in [5.41, 5.74) is 2.25. The Labute approximate surface area is 564 Å².